The number of hydrogen-bond acceptors (Lipinski definition) is 6. The van der Waals surface area contributed by atoms with E-state index in [0.717, 1.165) is 38.2 Å². The zero-order valence-corrected chi connectivity index (χ0v) is 21.8. The minimum absolute atomic E-state index is 0.0778. The first-order chi connectivity index (χ1) is 17.6. The summed E-state index contributed by atoms with van der Waals surface area (Å²) in [5.74, 6) is -0.0778. The molecule has 0 bridgehead atoms. The van der Waals surface area contributed by atoms with Crippen molar-refractivity contribution in [3.8, 4) is 0 Å². The second-order valence-corrected chi connectivity index (χ2v) is 10.5. The number of hydrazone groups is 2. The number of rotatable bonds is 4. The van der Waals surface area contributed by atoms with Crippen molar-refractivity contribution in [2.24, 2.45) is 10.2 Å². The molecular weight excluding hydrogens is 532 g/mol. The van der Waals surface area contributed by atoms with Gasteiger partial charge < -0.3 is 0 Å². The third-order valence-electron chi connectivity index (χ3n) is 6.16. The van der Waals surface area contributed by atoms with E-state index in [4.69, 9.17) is 10.2 Å². The van der Waals surface area contributed by atoms with E-state index in [9.17, 15) is 4.79 Å². The highest BCUT2D eigenvalue weighted by Gasteiger charge is 2.55. The quantitative estimate of drug-likeness (QED) is 0.274. The molecule has 0 fully saturated rings. The number of hydrogen-bond donors (Lipinski definition) is 0. The van der Waals surface area contributed by atoms with Crippen LogP contribution >= 0.6 is 27.7 Å². The van der Waals surface area contributed by atoms with E-state index >= 15 is 0 Å². The van der Waals surface area contributed by atoms with Gasteiger partial charge in [0.2, 0.25) is 4.99 Å². The fourth-order valence-electron chi connectivity index (χ4n) is 4.54. The van der Waals surface area contributed by atoms with Crippen molar-refractivity contribution in [3.63, 3.8) is 0 Å². The summed E-state index contributed by atoms with van der Waals surface area (Å²) in [5.41, 5.74) is 5.64. The molecule has 0 saturated carbocycles. The highest BCUT2D eigenvalue weighted by Crippen LogP contribution is 2.54. The Kier molecular flexibility index (Phi) is 5.74. The maximum absolute atomic E-state index is 12.7. The fourth-order valence-corrected chi connectivity index (χ4v) is 6.09. The maximum Gasteiger partial charge on any atom is 0.234 e. The SMILES string of the molecule is CC(=O)C1=NN(c2ccccc2)[C@@]2(S1)c1ccccc1C(c1ccc(Br)cc1)=NN2c1ccccc1. The largest absolute Gasteiger partial charge is 0.292 e. The van der Waals surface area contributed by atoms with Gasteiger partial charge in [0.25, 0.3) is 0 Å². The van der Waals surface area contributed by atoms with E-state index in [0.29, 0.717) is 5.04 Å². The van der Waals surface area contributed by atoms with Crippen LogP contribution in [0.2, 0.25) is 0 Å². The van der Waals surface area contributed by atoms with E-state index in [1.165, 1.54) is 11.8 Å². The van der Waals surface area contributed by atoms with Gasteiger partial charge in [0.05, 0.1) is 17.1 Å². The molecule has 4 aromatic rings. The lowest BCUT2D eigenvalue weighted by molar-refractivity contribution is -0.110. The number of nitrogens with zero attached hydrogens (tertiary/aromatic N) is 4. The lowest BCUT2D eigenvalue weighted by Crippen LogP contribution is -2.54. The zero-order valence-electron chi connectivity index (χ0n) is 19.4. The van der Waals surface area contributed by atoms with Crippen LogP contribution in [0.15, 0.2) is 124 Å². The molecule has 0 aromatic heterocycles. The van der Waals surface area contributed by atoms with Gasteiger partial charge in [-0.15, -0.1) is 0 Å². The number of benzene rings is 4. The maximum atomic E-state index is 12.7. The molecule has 1 atom stereocenters. The van der Waals surface area contributed by atoms with Crippen LogP contribution in [0.1, 0.15) is 23.6 Å². The van der Waals surface area contributed by atoms with E-state index in [1.807, 2.05) is 94.9 Å². The zero-order chi connectivity index (χ0) is 24.7. The molecule has 5 nitrogen and oxygen atoms in total. The van der Waals surface area contributed by atoms with E-state index in [2.05, 4.69) is 40.2 Å². The van der Waals surface area contributed by atoms with Crippen LogP contribution < -0.4 is 10.0 Å². The molecule has 0 amide bonds. The van der Waals surface area contributed by atoms with Crippen LogP contribution in [0, 0.1) is 0 Å². The Hall–Kier alpha value is -3.68. The summed E-state index contributed by atoms with van der Waals surface area (Å²) in [7, 11) is 0. The number of anilines is 2. The minimum atomic E-state index is -0.931. The second kappa shape index (κ2) is 9.08. The van der Waals surface area contributed by atoms with E-state index < -0.39 is 4.99 Å². The molecule has 0 saturated heterocycles. The first kappa shape index (κ1) is 22.8. The van der Waals surface area contributed by atoms with Crippen molar-refractivity contribution in [2.75, 3.05) is 10.0 Å². The molecule has 2 heterocycles. The van der Waals surface area contributed by atoms with Gasteiger partial charge in [-0.3, -0.25) is 4.79 Å². The number of thioether (sulfide) groups is 1. The highest BCUT2D eigenvalue weighted by atomic mass is 79.9. The lowest BCUT2D eigenvalue weighted by atomic mass is 9.93. The molecule has 0 N–H and O–H groups in total. The van der Waals surface area contributed by atoms with Crippen molar-refractivity contribution in [1.82, 2.24) is 0 Å². The molecule has 1 spiro atoms. The van der Waals surface area contributed by atoms with Gasteiger partial charge in [-0.05, 0) is 48.2 Å². The number of Topliss-reactive ketones (excluding diaryl/α,β-unsaturated/α-hetero) is 1. The molecule has 0 radical (unpaired) electrons. The number of ketones is 1. The van der Waals surface area contributed by atoms with Gasteiger partial charge in [-0.25, -0.2) is 10.0 Å². The average molecular weight is 553 g/mol. The average Bonchev–Trinajstić information content (AvgIpc) is 3.32. The molecule has 36 heavy (non-hydrogen) atoms. The standard InChI is InChI=1S/C29H21BrN4OS/c1-20(35)28-32-34(24-12-6-3-7-13-24)29(36-28)26-15-9-8-14-25(26)27(21-16-18-22(30)19-17-21)31-33(29)23-10-4-2-5-11-23/h2-19H,1H3/t29-/m1/s1. The summed E-state index contributed by atoms with van der Waals surface area (Å²) in [4.78, 5) is 11.8. The normalized spacial score (nSPS) is 18.6. The smallest absolute Gasteiger partial charge is 0.234 e. The van der Waals surface area contributed by atoms with Crippen LogP contribution in [-0.4, -0.2) is 16.5 Å². The van der Waals surface area contributed by atoms with Gasteiger partial charge in [0.1, 0.15) is 0 Å². The molecule has 4 aromatic carbocycles. The molecular formula is C29H21BrN4OS. The number of para-hydroxylation sites is 2. The van der Waals surface area contributed by atoms with Gasteiger partial charge in [0, 0.05) is 28.1 Å². The minimum Gasteiger partial charge on any atom is -0.292 e. The van der Waals surface area contributed by atoms with Gasteiger partial charge in [-0.1, -0.05) is 88.7 Å². The first-order valence-corrected chi connectivity index (χ1v) is 13.1. The van der Waals surface area contributed by atoms with Crippen molar-refractivity contribution in [1.29, 1.82) is 0 Å². The van der Waals surface area contributed by atoms with Crippen LogP contribution in [0.25, 0.3) is 0 Å². The Balaban J connectivity index is 1.66. The summed E-state index contributed by atoms with van der Waals surface area (Å²) in [6.45, 7) is 1.56. The Morgan fingerprint density at radius 1 is 0.750 bits per heavy atom. The van der Waals surface area contributed by atoms with Crippen molar-refractivity contribution in [3.05, 3.63) is 130 Å². The molecule has 2 aliphatic heterocycles. The molecule has 176 valence electrons. The third-order valence-corrected chi connectivity index (χ3v) is 8.10. The molecule has 7 heteroatoms. The fraction of sp³-hybridized carbons (Fsp3) is 0.0690. The number of carbonyl (C=O) groups excluding carboxylic acids is 1. The van der Waals surface area contributed by atoms with Gasteiger partial charge in [-0.2, -0.15) is 10.2 Å². The van der Waals surface area contributed by atoms with Crippen molar-refractivity contribution in [2.45, 2.75) is 11.9 Å². The highest BCUT2D eigenvalue weighted by molar-refractivity contribution is 9.10. The number of halogens is 1. The van der Waals surface area contributed by atoms with Crippen LogP contribution in [0.4, 0.5) is 11.4 Å². The van der Waals surface area contributed by atoms with Gasteiger partial charge in [0.15, 0.2) is 10.8 Å². The summed E-state index contributed by atoms with van der Waals surface area (Å²) in [5, 5.41) is 14.5. The second-order valence-electron chi connectivity index (χ2n) is 8.47. The summed E-state index contributed by atoms with van der Waals surface area (Å²) >= 11 is 4.97. The lowest BCUT2D eigenvalue weighted by Gasteiger charge is -2.47. The Bertz CT molecular complexity index is 1510. The van der Waals surface area contributed by atoms with Gasteiger partial charge >= 0.3 is 0 Å². The van der Waals surface area contributed by atoms with Crippen molar-refractivity contribution < 1.29 is 4.79 Å². The number of fused-ring (bicyclic) bond motifs is 2. The first-order valence-electron chi connectivity index (χ1n) is 11.5. The Morgan fingerprint density at radius 3 is 1.92 bits per heavy atom. The Labute approximate surface area is 222 Å². The third kappa shape index (κ3) is 3.67. The summed E-state index contributed by atoms with van der Waals surface area (Å²) in [6.07, 6.45) is 0. The predicted octanol–water partition coefficient (Wildman–Crippen LogP) is 6.99. The molecule has 2 aliphatic rings. The molecule has 6 rings (SSSR count). The predicted molar refractivity (Wildman–Crippen MR) is 151 cm³/mol. The summed E-state index contributed by atoms with van der Waals surface area (Å²) < 4.78 is 1.01. The van der Waals surface area contributed by atoms with Crippen LogP contribution in [-0.2, 0) is 9.79 Å². The van der Waals surface area contributed by atoms with E-state index in [1.54, 1.807) is 6.92 Å². The topological polar surface area (TPSA) is 48.3 Å². The summed E-state index contributed by atoms with van der Waals surface area (Å²) in [6, 6.07) is 36.4. The van der Waals surface area contributed by atoms with Crippen LogP contribution in [0.3, 0.4) is 0 Å². The molecule has 0 aliphatic carbocycles. The monoisotopic (exact) mass is 552 g/mol. The number of carbonyl (C=O) groups is 1. The van der Waals surface area contributed by atoms with Crippen molar-refractivity contribution >= 4 is 55.6 Å². The Morgan fingerprint density at radius 2 is 1.31 bits per heavy atom. The van der Waals surface area contributed by atoms with E-state index in [-0.39, 0.29) is 5.78 Å². The van der Waals surface area contributed by atoms with Crippen LogP contribution in [0.5, 0.6) is 0 Å². The molecule has 0 unspecified atom stereocenters.